The van der Waals surface area contributed by atoms with E-state index in [4.69, 9.17) is 5.73 Å². The average Bonchev–Trinajstić information content (AvgIpc) is 3.28. The zero-order valence-corrected chi connectivity index (χ0v) is 11.4. The van der Waals surface area contributed by atoms with Crippen molar-refractivity contribution in [1.29, 1.82) is 0 Å². The Morgan fingerprint density at radius 3 is 2.81 bits per heavy atom. The van der Waals surface area contributed by atoms with Crippen molar-refractivity contribution in [3.05, 3.63) is 36.0 Å². The standard InChI is InChI=1S/C15H16N4O2/c16-11-7-13(19-12-4-2-1-3-10(11)12)15(21)17-8-14(20)18-9-5-6-9/h1-4,7,9H,5-6,8H2,(H2,16,19)(H,17,21)(H,18,20). The summed E-state index contributed by atoms with van der Waals surface area (Å²) in [5.41, 5.74) is 7.29. The number of carbonyl (C=O) groups is 2. The molecule has 1 aliphatic rings. The quantitative estimate of drug-likeness (QED) is 0.774. The van der Waals surface area contributed by atoms with E-state index < -0.39 is 5.91 Å². The van der Waals surface area contributed by atoms with Gasteiger partial charge in [-0.25, -0.2) is 4.98 Å². The predicted octanol–water partition coefficient (Wildman–Crippen LogP) is 0.825. The topological polar surface area (TPSA) is 97.1 Å². The van der Waals surface area contributed by atoms with E-state index >= 15 is 0 Å². The molecule has 1 aliphatic carbocycles. The number of rotatable bonds is 4. The summed E-state index contributed by atoms with van der Waals surface area (Å²) in [6.45, 7) is -0.0518. The molecule has 0 atom stereocenters. The lowest BCUT2D eigenvalue weighted by Crippen LogP contribution is -2.38. The number of para-hydroxylation sites is 1. The first-order valence-electron chi connectivity index (χ1n) is 6.86. The van der Waals surface area contributed by atoms with Crippen molar-refractivity contribution in [2.75, 3.05) is 12.3 Å². The van der Waals surface area contributed by atoms with Gasteiger partial charge in [-0.15, -0.1) is 0 Å². The van der Waals surface area contributed by atoms with Crippen LogP contribution in [0.15, 0.2) is 30.3 Å². The molecule has 6 nitrogen and oxygen atoms in total. The third-order valence-electron chi connectivity index (χ3n) is 3.33. The first-order valence-corrected chi connectivity index (χ1v) is 6.86. The monoisotopic (exact) mass is 284 g/mol. The molecule has 0 radical (unpaired) electrons. The van der Waals surface area contributed by atoms with Crippen molar-refractivity contribution < 1.29 is 9.59 Å². The van der Waals surface area contributed by atoms with E-state index in [-0.39, 0.29) is 24.2 Å². The number of nitrogens with two attached hydrogens (primary N) is 1. The van der Waals surface area contributed by atoms with E-state index in [0.717, 1.165) is 18.2 Å². The molecule has 2 aromatic rings. The molecule has 1 aromatic heterocycles. The molecular formula is C15H16N4O2. The molecule has 0 spiro atoms. The van der Waals surface area contributed by atoms with Crippen LogP contribution in [0, 0.1) is 0 Å². The van der Waals surface area contributed by atoms with Crippen molar-refractivity contribution in [3.8, 4) is 0 Å². The van der Waals surface area contributed by atoms with Crippen molar-refractivity contribution in [2.45, 2.75) is 18.9 Å². The van der Waals surface area contributed by atoms with Crippen LogP contribution in [0.3, 0.4) is 0 Å². The number of nitrogen functional groups attached to an aromatic ring is 1. The Morgan fingerprint density at radius 2 is 2.05 bits per heavy atom. The van der Waals surface area contributed by atoms with Gasteiger partial charge in [0.2, 0.25) is 5.91 Å². The van der Waals surface area contributed by atoms with Gasteiger partial charge in [-0.3, -0.25) is 9.59 Å². The Balaban J connectivity index is 1.70. The number of aromatic nitrogens is 1. The van der Waals surface area contributed by atoms with Gasteiger partial charge in [0.05, 0.1) is 12.1 Å². The van der Waals surface area contributed by atoms with Gasteiger partial charge < -0.3 is 16.4 Å². The molecule has 1 saturated carbocycles. The van der Waals surface area contributed by atoms with E-state index in [1.54, 1.807) is 6.07 Å². The summed E-state index contributed by atoms with van der Waals surface area (Å²) in [4.78, 5) is 27.8. The highest BCUT2D eigenvalue weighted by Gasteiger charge is 2.23. The van der Waals surface area contributed by atoms with Gasteiger partial charge in [0.15, 0.2) is 0 Å². The lowest BCUT2D eigenvalue weighted by Gasteiger charge is -2.08. The number of hydrogen-bond acceptors (Lipinski definition) is 4. The van der Waals surface area contributed by atoms with Crippen molar-refractivity contribution in [3.63, 3.8) is 0 Å². The maximum Gasteiger partial charge on any atom is 0.270 e. The fourth-order valence-electron chi connectivity index (χ4n) is 2.08. The van der Waals surface area contributed by atoms with Crippen LogP contribution in [0.2, 0.25) is 0 Å². The van der Waals surface area contributed by atoms with Crippen LogP contribution in [0.5, 0.6) is 0 Å². The summed E-state index contributed by atoms with van der Waals surface area (Å²) < 4.78 is 0. The van der Waals surface area contributed by atoms with Gasteiger partial charge >= 0.3 is 0 Å². The van der Waals surface area contributed by atoms with Crippen LogP contribution in [-0.4, -0.2) is 29.4 Å². The normalized spacial score (nSPS) is 13.9. The Morgan fingerprint density at radius 1 is 1.29 bits per heavy atom. The number of nitrogens with one attached hydrogen (secondary N) is 2. The van der Waals surface area contributed by atoms with Gasteiger partial charge in [0.25, 0.3) is 5.91 Å². The maximum atomic E-state index is 12.0. The Kier molecular flexibility index (Phi) is 3.43. The molecule has 1 fully saturated rings. The molecule has 21 heavy (non-hydrogen) atoms. The first kappa shape index (κ1) is 13.4. The smallest absolute Gasteiger partial charge is 0.270 e. The van der Waals surface area contributed by atoms with Crippen LogP contribution in [0.25, 0.3) is 10.9 Å². The lowest BCUT2D eigenvalue weighted by molar-refractivity contribution is -0.120. The molecule has 3 rings (SSSR count). The number of amides is 2. The molecule has 4 N–H and O–H groups in total. The van der Waals surface area contributed by atoms with Gasteiger partial charge in [-0.2, -0.15) is 0 Å². The molecule has 0 aliphatic heterocycles. The molecule has 1 aromatic carbocycles. The summed E-state index contributed by atoms with van der Waals surface area (Å²) >= 11 is 0. The molecule has 108 valence electrons. The summed E-state index contributed by atoms with van der Waals surface area (Å²) in [6.07, 6.45) is 2.03. The van der Waals surface area contributed by atoms with E-state index in [1.165, 1.54) is 6.07 Å². The number of pyridine rings is 1. The van der Waals surface area contributed by atoms with Crippen LogP contribution in [0.4, 0.5) is 5.69 Å². The molecule has 1 heterocycles. The second-order valence-electron chi connectivity index (χ2n) is 5.14. The molecule has 0 bridgehead atoms. The van der Waals surface area contributed by atoms with E-state index in [1.807, 2.05) is 18.2 Å². The third kappa shape index (κ3) is 3.10. The Bertz CT molecular complexity index is 710. The van der Waals surface area contributed by atoms with Crippen LogP contribution in [-0.2, 0) is 4.79 Å². The second-order valence-corrected chi connectivity index (χ2v) is 5.14. The van der Waals surface area contributed by atoms with E-state index in [0.29, 0.717) is 11.2 Å². The number of hydrogen-bond donors (Lipinski definition) is 3. The lowest BCUT2D eigenvalue weighted by atomic mass is 10.1. The minimum Gasteiger partial charge on any atom is -0.398 e. The first-order chi connectivity index (χ1) is 10.1. The summed E-state index contributed by atoms with van der Waals surface area (Å²) in [5, 5.41) is 6.16. The zero-order valence-electron chi connectivity index (χ0n) is 11.4. The maximum absolute atomic E-state index is 12.0. The highest BCUT2D eigenvalue weighted by molar-refractivity contribution is 6.00. The van der Waals surface area contributed by atoms with Crippen LogP contribution in [0.1, 0.15) is 23.3 Å². The number of nitrogens with zero attached hydrogens (tertiary/aromatic N) is 1. The highest BCUT2D eigenvalue weighted by atomic mass is 16.2. The van der Waals surface area contributed by atoms with Gasteiger partial charge in [0, 0.05) is 17.1 Å². The number of fused-ring (bicyclic) bond motifs is 1. The fourth-order valence-corrected chi connectivity index (χ4v) is 2.08. The minimum absolute atomic E-state index is 0.0518. The van der Waals surface area contributed by atoms with Crippen molar-refractivity contribution >= 4 is 28.4 Å². The molecular weight excluding hydrogens is 268 g/mol. The Labute approximate surface area is 121 Å². The van der Waals surface area contributed by atoms with Crippen molar-refractivity contribution in [2.24, 2.45) is 0 Å². The summed E-state index contributed by atoms with van der Waals surface area (Å²) in [7, 11) is 0. The summed E-state index contributed by atoms with van der Waals surface area (Å²) in [6, 6.07) is 9.15. The Hall–Kier alpha value is -2.63. The number of anilines is 1. The predicted molar refractivity (Wildman–Crippen MR) is 79.7 cm³/mol. The van der Waals surface area contributed by atoms with E-state index in [2.05, 4.69) is 15.6 Å². The van der Waals surface area contributed by atoms with Crippen molar-refractivity contribution in [1.82, 2.24) is 15.6 Å². The summed E-state index contributed by atoms with van der Waals surface area (Å²) in [5.74, 6) is -0.585. The van der Waals surface area contributed by atoms with Gasteiger partial charge in [-0.1, -0.05) is 18.2 Å². The fraction of sp³-hybridized carbons (Fsp3) is 0.267. The SMILES string of the molecule is Nc1cc(C(=O)NCC(=O)NC2CC2)nc2ccccc12. The second kappa shape index (κ2) is 5.40. The van der Waals surface area contributed by atoms with Gasteiger partial charge in [-0.05, 0) is 25.0 Å². The minimum atomic E-state index is -0.404. The third-order valence-corrected chi connectivity index (χ3v) is 3.33. The number of carbonyl (C=O) groups excluding carboxylic acids is 2. The highest BCUT2D eigenvalue weighted by Crippen LogP contribution is 2.20. The molecule has 6 heteroatoms. The largest absolute Gasteiger partial charge is 0.398 e. The molecule has 2 amide bonds. The van der Waals surface area contributed by atoms with Crippen LogP contribution < -0.4 is 16.4 Å². The number of benzene rings is 1. The van der Waals surface area contributed by atoms with Gasteiger partial charge in [0.1, 0.15) is 5.69 Å². The average molecular weight is 284 g/mol. The van der Waals surface area contributed by atoms with Crippen LogP contribution >= 0.6 is 0 Å². The van der Waals surface area contributed by atoms with E-state index in [9.17, 15) is 9.59 Å². The molecule has 0 unspecified atom stereocenters. The zero-order chi connectivity index (χ0) is 14.8. The molecule has 0 saturated heterocycles.